The summed E-state index contributed by atoms with van der Waals surface area (Å²) in [7, 11) is 0. The highest BCUT2D eigenvalue weighted by Crippen LogP contribution is 2.59. The van der Waals surface area contributed by atoms with E-state index < -0.39 is 5.60 Å². The lowest BCUT2D eigenvalue weighted by Gasteiger charge is -2.30. The molecule has 2 aliphatic rings. The maximum atomic E-state index is 10.9. The number of aromatic nitrogens is 2. The van der Waals surface area contributed by atoms with E-state index in [0.717, 1.165) is 38.2 Å². The molecule has 0 spiro atoms. The van der Waals surface area contributed by atoms with Gasteiger partial charge in [-0.15, -0.1) is 0 Å². The molecule has 0 saturated heterocycles. The van der Waals surface area contributed by atoms with Crippen LogP contribution in [0.15, 0.2) is 36.5 Å². The Morgan fingerprint density at radius 2 is 1.90 bits per heavy atom. The minimum Gasteiger partial charge on any atom is -0.388 e. The van der Waals surface area contributed by atoms with E-state index in [0.29, 0.717) is 0 Å². The van der Waals surface area contributed by atoms with Gasteiger partial charge < -0.3 is 9.67 Å². The summed E-state index contributed by atoms with van der Waals surface area (Å²) in [5, 5.41) is 12.2. The van der Waals surface area contributed by atoms with Gasteiger partial charge in [0.1, 0.15) is 0 Å². The van der Waals surface area contributed by atoms with Gasteiger partial charge in [-0.25, -0.2) is 0 Å². The minimum absolute atomic E-state index is 0.0444. The van der Waals surface area contributed by atoms with Crippen molar-refractivity contribution in [3.05, 3.63) is 64.6 Å². The Morgan fingerprint density at radius 3 is 2.57 bits per heavy atom. The van der Waals surface area contributed by atoms with E-state index in [9.17, 15) is 5.11 Å². The van der Waals surface area contributed by atoms with E-state index in [1.54, 1.807) is 0 Å². The molecular weight excluding hydrogens is 370 g/mol. The standard InChI is InChI=1S/C26H33N3O/c1-17-6-9-22-20(14-17)21-16-28(24-25(3,4)26(24,5)30)12-11-23(21)29(22)13-10-19-8-7-18(2)27-15-19/h6-9,14-15,24,30H,10-13,16H2,1-5H3. The molecule has 3 heterocycles. The lowest BCUT2D eigenvalue weighted by molar-refractivity contribution is 0.101. The first kappa shape index (κ1) is 19.8. The molecule has 5 rings (SSSR count). The van der Waals surface area contributed by atoms with Crippen LogP contribution in [0.5, 0.6) is 0 Å². The second-order valence-corrected chi connectivity index (χ2v) is 10.1. The number of rotatable bonds is 4. The Bertz CT molecular complexity index is 1090. The number of hydrogen-bond donors (Lipinski definition) is 1. The lowest BCUT2D eigenvalue weighted by atomic mass is 10.0. The van der Waals surface area contributed by atoms with Crippen molar-refractivity contribution in [2.45, 2.75) is 72.2 Å². The quantitative estimate of drug-likeness (QED) is 0.701. The maximum Gasteiger partial charge on any atom is 0.0847 e. The van der Waals surface area contributed by atoms with Crippen LogP contribution < -0.4 is 0 Å². The molecular formula is C26H33N3O. The molecule has 30 heavy (non-hydrogen) atoms. The second kappa shape index (κ2) is 6.66. The van der Waals surface area contributed by atoms with Crippen LogP contribution in [-0.4, -0.2) is 37.7 Å². The van der Waals surface area contributed by atoms with E-state index in [2.05, 4.69) is 65.6 Å². The molecule has 2 atom stereocenters. The van der Waals surface area contributed by atoms with Crippen molar-refractivity contribution in [2.75, 3.05) is 6.54 Å². The van der Waals surface area contributed by atoms with E-state index in [1.165, 1.54) is 33.3 Å². The topological polar surface area (TPSA) is 41.3 Å². The SMILES string of the molecule is Cc1ccc2c(c1)c1c(n2CCc2ccc(C)nc2)CCN(C2C(C)(C)C2(C)O)C1. The third-order valence-corrected chi connectivity index (χ3v) is 7.84. The van der Waals surface area contributed by atoms with Gasteiger partial charge in [-0.05, 0) is 56.5 Å². The monoisotopic (exact) mass is 403 g/mol. The maximum absolute atomic E-state index is 10.9. The van der Waals surface area contributed by atoms with Crippen molar-refractivity contribution < 1.29 is 5.11 Å². The largest absolute Gasteiger partial charge is 0.388 e. The summed E-state index contributed by atoms with van der Waals surface area (Å²) in [4.78, 5) is 6.98. The van der Waals surface area contributed by atoms with Crippen molar-refractivity contribution in [1.82, 2.24) is 14.5 Å². The van der Waals surface area contributed by atoms with Crippen molar-refractivity contribution in [3.8, 4) is 0 Å². The molecule has 3 aromatic rings. The summed E-state index contributed by atoms with van der Waals surface area (Å²) in [5.41, 5.74) is 7.29. The van der Waals surface area contributed by atoms with Gasteiger partial charge in [0.05, 0.1) is 5.60 Å². The molecule has 0 amide bonds. The second-order valence-electron chi connectivity index (χ2n) is 10.1. The minimum atomic E-state index is -0.600. The summed E-state index contributed by atoms with van der Waals surface area (Å²) in [6.45, 7) is 13.5. The predicted octanol–water partition coefficient (Wildman–Crippen LogP) is 4.41. The van der Waals surface area contributed by atoms with Crippen molar-refractivity contribution in [3.63, 3.8) is 0 Å². The van der Waals surface area contributed by atoms with Gasteiger partial charge >= 0.3 is 0 Å². The molecule has 2 aromatic heterocycles. The van der Waals surface area contributed by atoms with E-state index in [-0.39, 0.29) is 11.5 Å². The number of fused-ring (bicyclic) bond motifs is 3. The van der Waals surface area contributed by atoms with Gasteiger partial charge in [0.15, 0.2) is 0 Å². The highest BCUT2D eigenvalue weighted by Gasteiger charge is 2.69. The summed E-state index contributed by atoms with van der Waals surface area (Å²) in [6.07, 6.45) is 4.04. The predicted molar refractivity (Wildman–Crippen MR) is 122 cm³/mol. The number of aryl methyl sites for hydroxylation is 4. The smallest absolute Gasteiger partial charge is 0.0847 e. The van der Waals surface area contributed by atoms with Crippen molar-refractivity contribution in [1.29, 1.82) is 0 Å². The molecule has 4 heteroatoms. The highest BCUT2D eigenvalue weighted by atomic mass is 16.3. The van der Waals surface area contributed by atoms with E-state index in [1.807, 2.05) is 20.0 Å². The molecule has 1 N–H and O–H groups in total. The van der Waals surface area contributed by atoms with Crippen LogP contribution in [0.25, 0.3) is 10.9 Å². The lowest BCUT2D eigenvalue weighted by Crippen LogP contribution is -2.37. The van der Waals surface area contributed by atoms with E-state index >= 15 is 0 Å². The van der Waals surface area contributed by atoms with Gasteiger partial charge in [-0.2, -0.15) is 0 Å². The molecule has 1 aliphatic heterocycles. The first-order chi connectivity index (χ1) is 14.2. The summed E-state index contributed by atoms with van der Waals surface area (Å²) in [5.74, 6) is 0. The zero-order valence-electron chi connectivity index (χ0n) is 18.9. The van der Waals surface area contributed by atoms with Crippen molar-refractivity contribution in [2.24, 2.45) is 5.41 Å². The summed E-state index contributed by atoms with van der Waals surface area (Å²) >= 11 is 0. The zero-order chi connectivity index (χ0) is 21.3. The molecule has 0 radical (unpaired) electrons. The normalized spacial score (nSPS) is 25.5. The van der Waals surface area contributed by atoms with Crippen LogP contribution in [0.3, 0.4) is 0 Å². The number of benzene rings is 1. The fraction of sp³-hybridized carbons (Fsp3) is 0.500. The number of aliphatic hydroxyl groups is 1. The Labute approximate surface area is 179 Å². The fourth-order valence-electron chi connectivity index (χ4n) is 5.69. The molecule has 2 unspecified atom stereocenters. The Hall–Kier alpha value is -2.17. The third kappa shape index (κ3) is 2.92. The van der Waals surface area contributed by atoms with Crippen LogP contribution in [0, 0.1) is 19.3 Å². The Kier molecular flexibility index (Phi) is 4.39. The Morgan fingerprint density at radius 1 is 1.13 bits per heavy atom. The van der Waals surface area contributed by atoms with Crippen LogP contribution in [0.4, 0.5) is 0 Å². The first-order valence-corrected chi connectivity index (χ1v) is 11.2. The molecule has 1 fully saturated rings. The van der Waals surface area contributed by atoms with Crippen LogP contribution in [0.2, 0.25) is 0 Å². The molecule has 0 bridgehead atoms. The fourth-order valence-corrected chi connectivity index (χ4v) is 5.69. The number of nitrogens with zero attached hydrogens (tertiary/aromatic N) is 3. The molecule has 1 aliphatic carbocycles. The van der Waals surface area contributed by atoms with Gasteiger partial charge in [0, 0.05) is 66.0 Å². The summed E-state index contributed by atoms with van der Waals surface area (Å²) in [6, 6.07) is 11.4. The molecule has 4 nitrogen and oxygen atoms in total. The molecule has 1 saturated carbocycles. The number of pyridine rings is 1. The van der Waals surface area contributed by atoms with Gasteiger partial charge in [-0.1, -0.05) is 31.5 Å². The third-order valence-electron chi connectivity index (χ3n) is 7.84. The summed E-state index contributed by atoms with van der Waals surface area (Å²) < 4.78 is 2.54. The van der Waals surface area contributed by atoms with Gasteiger partial charge in [-0.3, -0.25) is 9.88 Å². The Balaban J connectivity index is 1.49. The number of hydrogen-bond acceptors (Lipinski definition) is 3. The van der Waals surface area contributed by atoms with Crippen molar-refractivity contribution >= 4 is 10.9 Å². The van der Waals surface area contributed by atoms with Crippen LogP contribution >= 0.6 is 0 Å². The van der Waals surface area contributed by atoms with Gasteiger partial charge in [0.2, 0.25) is 0 Å². The zero-order valence-corrected chi connectivity index (χ0v) is 18.9. The van der Waals surface area contributed by atoms with Crippen LogP contribution in [0.1, 0.15) is 48.8 Å². The van der Waals surface area contributed by atoms with Gasteiger partial charge in [0.25, 0.3) is 0 Å². The average Bonchev–Trinajstić information content (AvgIpc) is 2.97. The molecule has 158 valence electrons. The first-order valence-electron chi connectivity index (χ1n) is 11.2. The van der Waals surface area contributed by atoms with E-state index in [4.69, 9.17) is 0 Å². The molecule has 1 aromatic carbocycles. The highest BCUT2D eigenvalue weighted by molar-refractivity contribution is 5.86. The average molecular weight is 404 g/mol. The van der Waals surface area contributed by atoms with Crippen LogP contribution in [-0.2, 0) is 25.9 Å².